The number of aliphatic hydroxyl groups is 1. The second kappa shape index (κ2) is 6.16. The van der Waals surface area contributed by atoms with E-state index in [2.05, 4.69) is 25.7 Å². The Hall–Kier alpha value is -1.67. The van der Waals surface area contributed by atoms with Crippen molar-refractivity contribution in [2.45, 2.75) is 19.9 Å². The van der Waals surface area contributed by atoms with E-state index in [1.54, 1.807) is 0 Å². The second-order valence-corrected chi connectivity index (χ2v) is 3.79. The van der Waals surface area contributed by atoms with E-state index in [0.717, 1.165) is 0 Å². The molecule has 0 aliphatic rings. The highest BCUT2D eigenvalue weighted by molar-refractivity contribution is 5.35. The van der Waals surface area contributed by atoms with Crippen LogP contribution in [-0.2, 0) is 0 Å². The first kappa shape index (κ1) is 13.4. The molecule has 0 unspecified atom stereocenters. The van der Waals surface area contributed by atoms with Gasteiger partial charge in [-0.1, -0.05) is 13.8 Å². The van der Waals surface area contributed by atoms with E-state index >= 15 is 0 Å². The van der Waals surface area contributed by atoms with Crippen LogP contribution in [0.15, 0.2) is 0 Å². The van der Waals surface area contributed by atoms with E-state index in [1.807, 2.05) is 13.8 Å². The number of nitrogens with two attached hydrogens (primary N) is 1. The molecule has 0 radical (unpaired) electrons. The van der Waals surface area contributed by atoms with E-state index < -0.39 is 0 Å². The molecule has 1 atom stereocenters. The van der Waals surface area contributed by atoms with Crippen molar-refractivity contribution >= 4 is 11.9 Å². The van der Waals surface area contributed by atoms with Crippen molar-refractivity contribution < 1.29 is 9.84 Å². The minimum atomic E-state index is -0.146. The third-order valence-corrected chi connectivity index (χ3v) is 2.24. The van der Waals surface area contributed by atoms with Gasteiger partial charge in [-0.2, -0.15) is 15.0 Å². The normalized spacial score (nSPS) is 12.4. The van der Waals surface area contributed by atoms with Crippen LogP contribution in [0.1, 0.15) is 13.8 Å². The van der Waals surface area contributed by atoms with Crippen molar-refractivity contribution in [1.29, 1.82) is 0 Å². The lowest BCUT2D eigenvalue weighted by Crippen LogP contribution is -2.30. The van der Waals surface area contributed by atoms with Crippen molar-refractivity contribution in [2.24, 2.45) is 11.8 Å². The number of nitrogens with one attached hydrogen (secondary N) is 2. The Balaban J connectivity index is 2.89. The van der Waals surface area contributed by atoms with Gasteiger partial charge < -0.3 is 15.2 Å². The summed E-state index contributed by atoms with van der Waals surface area (Å²) in [6.07, 6.45) is 0. The monoisotopic (exact) mass is 242 g/mol. The number of aliphatic hydroxyl groups excluding tert-OH is 1. The van der Waals surface area contributed by atoms with Gasteiger partial charge >= 0.3 is 6.01 Å². The number of hydrazine groups is 1. The lowest BCUT2D eigenvalue weighted by molar-refractivity contribution is 0.248. The van der Waals surface area contributed by atoms with E-state index in [-0.39, 0.29) is 30.5 Å². The molecule has 96 valence electrons. The summed E-state index contributed by atoms with van der Waals surface area (Å²) >= 11 is 0. The number of aromatic nitrogens is 3. The molecule has 0 aliphatic heterocycles. The number of ether oxygens (including phenoxy) is 1. The van der Waals surface area contributed by atoms with Gasteiger partial charge in [-0.05, 0) is 5.92 Å². The van der Waals surface area contributed by atoms with Gasteiger partial charge in [-0.15, -0.1) is 0 Å². The summed E-state index contributed by atoms with van der Waals surface area (Å²) in [4.78, 5) is 11.9. The summed E-state index contributed by atoms with van der Waals surface area (Å²) in [5, 5.41) is 12.2. The molecule has 1 aromatic rings. The first-order valence-electron chi connectivity index (χ1n) is 5.24. The average Bonchev–Trinajstić information content (AvgIpc) is 2.34. The molecule has 0 aromatic carbocycles. The molecule has 0 saturated heterocycles. The molecule has 0 fully saturated rings. The molecule has 8 heteroatoms. The highest BCUT2D eigenvalue weighted by Crippen LogP contribution is 2.13. The first-order valence-corrected chi connectivity index (χ1v) is 5.24. The molecule has 0 saturated carbocycles. The summed E-state index contributed by atoms with van der Waals surface area (Å²) in [6.45, 7) is 3.94. The van der Waals surface area contributed by atoms with Crippen LogP contribution in [0.2, 0.25) is 0 Å². The Morgan fingerprint density at radius 1 is 1.29 bits per heavy atom. The van der Waals surface area contributed by atoms with E-state index in [4.69, 9.17) is 10.6 Å². The van der Waals surface area contributed by atoms with Crippen LogP contribution >= 0.6 is 0 Å². The topological polar surface area (TPSA) is 118 Å². The third-order valence-electron chi connectivity index (χ3n) is 2.24. The van der Waals surface area contributed by atoms with E-state index in [0.29, 0.717) is 5.95 Å². The predicted molar refractivity (Wildman–Crippen MR) is 63.5 cm³/mol. The van der Waals surface area contributed by atoms with E-state index in [1.165, 1.54) is 7.11 Å². The number of hydrogen-bond donors (Lipinski definition) is 4. The summed E-state index contributed by atoms with van der Waals surface area (Å²) < 4.78 is 4.91. The summed E-state index contributed by atoms with van der Waals surface area (Å²) in [7, 11) is 1.45. The Kier molecular flexibility index (Phi) is 4.85. The molecule has 0 amide bonds. The molecule has 1 heterocycles. The molecule has 1 rings (SSSR count). The SMILES string of the molecule is COc1nc(NN)nc(N[C@H](CO)C(C)C)n1. The van der Waals surface area contributed by atoms with Gasteiger partial charge in [0.2, 0.25) is 11.9 Å². The number of hydrogen-bond acceptors (Lipinski definition) is 8. The molecule has 5 N–H and O–H groups in total. The zero-order chi connectivity index (χ0) is 12.8. The number of rotatable bonds is 6. The van der Waals surface area contributed by atoms with Crippen LogP contribution in [-0.4, -0.2) is 39.8 Å². The fourth-order valence-electron chi connectivity index (χ4n) is 1.17. The van der Waals surface area contributed by atoms with Gasteiger partial charge in [0.15, 0.2) is 0 Å². The van der Waals surface area contributed by atoms with Gasteiger partial charge in [-0.25, -0.2) is 5.84 Å². The highest BCUT2D eigenvalue weighted by Gasteiger charge is 2.14. The van der Waals surface area contributed by atoms with Gasteiger partial charge in [0.1, 0.15) is 0 Å². The lowest BCUT2D eigenvalue weighted by Gasteiger charge is -2.19. The molecule has 0 aliphatic carbocycles. The van der Waals surface area contributed by atoms with Crippen LogP contribution < -0.4 is 21.3 Å². The fourth-order valence-corrected chi connectivity index (χ4v) is 1.17. The van der Waals surface area contributed by atoms with E-state index in [9.17, 15) is 5.11 Å². The number of methoxy groups -OCH3 is 1. The standard InChI is InChI=1S/C9H18N6O2/c1-5(2)6(4-16)11-7-12-8(15-10)14-9(13-7)17-3/h5-6,16H,4,10H2,1-3H3,(H2,11,12,13,14,15)/t6-/m1/s1. The van der Waals surface area contributed by atoms with Crippen molar-refractivity contribution in [2.75, 3.05) is 24.5 Å². The molecule has 0 bridgehead atoms. The number of nitrogen functional groups attached to an aromatic ring is 1. The van der Waals surface area contributed by atoms with Crippen molar-refractivity contribution in [3.8, 4) is 6.01 Å². The van der Waals surface area contributed by atoms with Crippen LogP contribution in [0.3, 0.4) is 0 Å². The molecule has 0 spiro atoms. The third kappa shape index (κ3) is 3.68. The van der Waals surface area contributed by atoms with Gasteiger partial charge in [0, 0.05) is 0 Å². The minimum Gasteiger partial charge on any atom is -0.467 e. The molecular weight excluding hydrogens is 224 g/mol. The van der Waals surface area contributed by atoms with Crippen molar-refractivity contribution in [3.63, 3.8) is 0 Å². The molecular formula is C9H18N6O2. The second-order valence-electron chi connectivity index (χ2n) is 3.79. The zero-order valence-electron chi connectivity index (χ0n) is 10.1. The molecule has 17 heavy (non-hydrogen) atoms. The number of nitrogens with zero attached hydrogens (tertiary/aromatic N) is 3. The average molecular weight is 242 g/mol. The van der Waals surface area contributed by atoms with Crippen LogP contribution in [0.25, 0.3) is 0 Å². The summed E-state index contributed by atoms with van der Waals surface area (Å²) in [6, 6.07) is 0.00336. The maximum Gasteiger partial charge on any atom is 0.322 e. The van der Waals surface area contributed by atoms with Crippen LogP contribution in [0, 0.1) is 5.92 Å². The Labute approximate surface area is 99.6 Å². The summed E-state index contributed by atoms with van der Waals surface area (Å²) in [5.41, 5.74) is 2.32. The maximum atomic E-state index is 9.21. The quantitative estimate of drug-likeness (QED) is 0.393. The number of anilines is 2. The zero-order valence-corrected chi connectivity index (χ0v) is 10.1. The molecule has 8 nitrogen and oxygen atoms in total. The smallest absolute Gasteiger partial charge is 0.322 e. The fraction of sp³-hybridized carbons (Fsp3) is 0.667. The lowest BCUT2D eigenvalue weighted by atomic mass is 10.1. The van der Waals surface area contributed by atoms with Crippen LogP contribution in [0.4, 0.5) is 11.9 Å². The van der Waals surface area contributed by atoms with Gasteiger partial charge in [0.25, 0.3) is 0 Å². The van der Waals surface area contributed by atoms with Crippen molar-refractivity contribution in [3.05, 3.63) is 0 Å². The van der Waals surface area contributed by atoms with Gasteiger partial charge in [-0.3, -0.25) is 5.43 Å². The predicted octanol–water partition coefficient (Wildman–Crippen LogP) is -0.405. The van der Waals surface area contributed by atoms with Crippen LogP contribution in [0.5, 0.6) is 6.01 Å². The van der Waals surface area contributed by atoms with Gasteiger partial charge in [0.05, 0.1) is 19.8 Å². The first-order chi connectivity index (χ1) is 8.10. The largest absolute Gasteiger partial charge is 0.467 e. The molecule has 1 aromatic heterocycles. The van der Waals surface area contributed by atoms with Crippen molar-refractivity contribution in [1.82, 2.24) is 15.0 Å². The minimum absolute atomic E-state index is 0.0168. The summed E-state index contributed by atoms with van der Waals surface area (Å²) in [5.74, 6) is 5.96. The Bertz CT molecular complexity index is 337. The Morgan fingerprint density at radius 2 is 1.94 bits per heavy atom. The maximum absolute atomic E-state index is 9.21. The highest BCUT2D eigenvalue weighted by atomic mass is 16.5. The Morgan fingerprint density at radius 3 is 2.41 bits per heavy atom.